The zero-order valence-electron chi connectivity index (χ0n) is 15.4. The molecule has 1 saturated heterocycles. The standard InChI is InChI=1S/C20H22N4O3S/c25-28(26,24-13-7-2-8-14-24)18-12-6-5-11-17(18)15-21-20-22-19(27-23-20)16-9-3-1-4-10-16/h1,3-6,9-12H,2,7-8,13-15H2,(H,21,23). The first-order chi connectivity index (χ1) is 13.6. The molecule has 0 radical (unpaired) electrons. The molecule has 0 aliphatic carbocycles. The van der Waals surface area contributed by atoms with Crippen molar-refractivity contribution < 1.29 is 12.9 Å². The van der Waals surface area contributed by atoms with Gasteiger partial charge in [0.1, 0.15) is 0 Å². The lowest BCUT2D eigenvalue weighted by atomic mass is 10.2. The quantitative estimate of drug-likeness (QED) is 0.683. The Balaban J connectivity index is 1.51. The van der Waals surface area contributed by atoms with Gasteiger partial charge in [0.25, 0.3) is 11.8 Å². The summed E-state index contributed by atoms with van der Waals surface area (Å²) in [6.07, 6.45) is 2.90. The minimum absolute atomic E-state index is 0.289. The molecule has 1 aromatic heterocycles. The first kappa shape index (κ1) is 18.6. The first-order valence-electron chi connectivity index (χ1n) is 9.36. The molecule has 3 aromatic rings. The van der Waals surface area contributed by atoms with Crippen LogP contribution in [0.4, 0.5) is 5.95 Å². The van der Waals surface area contributed by atoms with E-state index in [4.69, 9.17) is 4.52 Å². The van der Waals surface area contributed by atoms with Crippen molar-refractivity contribution in [2.75, 3.05) is 18.4 Å². The molecule has 146 valence electrons. The van der Waals surface area contributed by atoms with Crippen molar-refractivity contribution in [1.29, 1.82) is 0 Å². The zero-order chi connectivity index (χ0) is 19.4. The van der Waals surface area contributed by atoms with E-state index in [1.54, 1.807) is 16.4 Å². The lowest BCUT2D eigenvalue weighted by molar-refractivity contribution is 0.346. The van der Waals surface area contributed by atoms with Gasteiger partial charge in [-0.2, -0.15) is 9.29 Å². The van der Waals surface area contributed by atoms with E-state index in [-0.39, 0.29) is 6.54 Å². The third-order valence-electron chi connectivity index (χ3n) is 4.79. The number of nitrogens with one attached hydrogen (secondary N) is 1. The van der Waals surface area contributed by atoms with Gasteiger partial charge in [-0.05, 0) is 41.8 Å². The molecular formula is C20H22N4O3S. The number of hydrogen-bond acceptors (Lipinski definition) is 6. The van der Waals surface area contributed by atoms with Crippen LogP contribution in [0.5, 0.6) is 0 Å². The fourth-order valence-corrected chi connectivity index (χ4v) is 5.05. The van der Waals surface area contributed by atoms with Gasteiger partial charge in [0.15, 0.2) is 0 Å². The second-order valence-corrected chi connectivity index (χ2v) is 8.62. The average molecular weight is 398 g/mol. The number of aromatic nitrogens is 2. The third kappa shape index (κ3) is 3.93. The summed E-state index contributed by atoms with van der Waals surface area (Å²) in [6, 6.07) is 16.5. The highest BCUT2D eigenvalue weighted by atomic mass is 32.2. The van der Waals surface area contributed by atoms with Gasteiger partial charge in [0, 0.05) is 25.2 Å². The average Bonchev–Trinajstić information content (AvgIpc) is 3.23. The van der Waals surface area contributed by atoms with Crippen LogP contribution in [0.3, 0.4) is 0 Å². The number of hydrogen-bond donors (Lipinski definition) is 1. The van der Waals surface area contributed by atoms with Crippen molar-refractivity contribution in [3.05, 3.63) is 60.2 Å². The predicted molar refractivity (Wildman–Crippen MR) is 106 cm³/mol. The van der Waals surface area contributed by atoms with Crippen LogP contribution in [0.25, 0.3) is 11.5 Å². The second kappa shape index (κ2) is 8.12. The van der Waals surface area contributed by atoms with Gasteiger partial charge >= 0.3 is 0 Å². The summed E-state index contributed by atoms with van der Waals surface area (Å²) in [4.78, 5) is 4.66. The van der Waals surface area contributed by atoms with Crippen LogP contribution in [0.2, 0.25) is 0 Å². The summed E-state index contributed by atoms with van der Waals surface area (Å²) in [5.41, 5.74) is 1.51. The highest BCUT2D eigenvalue weighted by molar-refractivity contribution is 7.89. The lowest BCUT2D eigenvalue weighted by Gasteiger charge is -2.26. The maximum Gasteiger partial charge on any atom is 0.264 e. The van der Waals surface area contributed by atoms with Crippen LogP contribution < -0.4 is 5.32 Å². The molecular weight excluding hydrogens is 376 g/mol. The normalized spacial score (nSPS) is 15.4. The molecule has 7 nitrogen and oxygen atoms in total. The third-order valence-corrected chi connectivity index (χ3v) is 6.79. The maximum atomic E-state index is 13.1. The van der Waals surface area contributed by atoms with E-state index in [2.05, 4.69) is 15.5 Å². The molecule has 2 heterocycles. The van der Waals surface area contributed by atoms with Gasteiger partial charge in [-0.1, -0.05) is 42.8 Å². The Morgan fingerprint density at radius 3 is 2.46 bits per heavy atom. The van der Waals surface area contributed by atoms with E-state index in [1.807, 2.05) is 42.5 Å². The number of anilines is 1. The largest absolute Gasteiger partial charge is 0.347 e. The van der Waals surface area contributed by atoms with Crippen molar-refractivity contribution in [2.24, 2.45) is 0 Å². The van der Waals surface area contributed by atoms with Gasteiger partial charge in [0.05, 0.1) is 4.90 Å². The highest BCUT2D eigenvalue weighted by Gasteiger charge is 2.27. The Labute approximate surface area is 164 Å². The molecule has 8 heteroatoms. The Kier molecular flexibility index (Phi) is 5.40. The summed E-state index contributed by atoms with van der Waals surface area (Å²) >= 11 is 0. The van der Waals surface area contributed by atoms with Crippen molar-refractivity contribution in [1.82, 2.24) is 14.4 Å². The van der Waals surface area contributed by atoms with E-state index in [1.165, 1.54) is 0 Å². The Bertz CT molecular complexity index is 1030. The van der Waals surface area contributed by atoms with Gasteiger partial charge in [-0.3, -0.25) is 0 Å². The maximum absolute atomic E-state index is 13.1. The summed E-state index contributed by atoms with van der Waals surface area (Å²) in [7, 11) is -3.51. The summed E-state index contributed by atoms with van der Waals surface area (Å²) < 4.78 is 33.0. The molecule has 1 N–H and O–H groups in total. The molecule has 1 aliphatic rings. The van der Waals surface area contributed by atoms with Crippen LogP contribution in [0.15, 0.2) is 64.0 Å². The zero-order valence-corrected chi connectivity index (χ0v) is 16.2. The topological polar surface area (TPSA) is 88.3 Å². The molecule has 0 saturated carbocycles. The molecule has 1 fully saturated rings. The van der Waals surface area contributed by atoms with E-state index in [0.717, 1.165) is 24.8 Å². The highest BCUT2D eigenvalue weighted by Crippen LogP contribution is 2.24. The van der Waals surface area contributed by atoms with Gasteiger partial charge in [-0.25, -0.2) is 8.42 Å². The van der Waals surface area contributed by atoms with Crippen LogP contribution in [-0.2, 0) is 16.6 Å². The SMILES string of the molecule is O=S(=O)(c1ccccc1CNc1noc(-c2ccccc2)n1)N1CCCCC1. The molecule has 0 amide bonds. The van der Waals surface area contributed by atoms with Gasteiger partial charge in [0.2, 0.25) is 10.0 Å². The van der Waals surface area contributed by atoms with Gasteiger partial charge < -0.3 is 9.84 Å². The van der Waals surface area contributed by atoms with E-state index >= 15 is 0 Å². The second-order valence-electron chi connectivity index (χ2n) is 6.72. The van der Waals surface area contributed by atoms with Crippen LogP contribution >= 0.6 is 0 Å². The first-order valence-corrected chi connectivity index (χ1v) is 10.8. The molecule has 0 bridgehead atoms. The van der Waals surface area contributed by atoms with Crippen LogP contribution in [0.1, 0.15) is 24.8 Å². The Morgan fingerprint density at radius 1 is 0.964 bits per heavy atom. The molecule has 4 rings (SSSR count). The smallest absolute Gasteiger partial charge is 0.264 e. The molecule has 0 atom stereocenters. The summed E-state index contributed by atoms with van der Waals surface area (Å²) in [5.74, 6) is 0.737. The minimum Gasteiger partial charge on any atom is -0.347 e. The molecule has 1 aliphatic heterocycles. The fraction of sp³-hybridized carbons (Fsp3) is 0.300. The Hall–Kier alpha value is -2.71. The lowest BCUT2D eigenvalue weighted by Crippen LogP contribution is -2.36. The molecule has 2 aromatic carbocycles. The van der Waals surface area contributed by atoms with Crippen LogP contribution in [0, 0.1) is 0 Å². The number of sulfonamides is 1. The fourth-order valence-electron chi connectivity index (χ4n) is 3.31. The summed E-state index contributed by atoms with van der Waals surface area (Å²) in [6.45, 7) is 1.45. The van der Waals surface area contributed by atoms with Crippen molar-refractivity contribution in [2.45, 2.75) is 30.7 Å². The molecule has 0 unspecified atom stereocenters. The number of piperidine rings is 1. The minimum atomic E-state index is -3.51. The predicted octanol–water partition coefficient (Wildman–Crippen LogP) is 3.52. The summed E-state index contributed by atoms with van der Waals surface area (Å²) in [5, 5.41) is 7.00. The molecule has 28 heavy (non-hydrogen) atoms. The van der Waals surface area contributed by atoms with E-state index in [9.17, 15) is 8.42 Å². The van der Waals surface area contributed by atoms with Gasteiger partial charge in [-0.15, -0.1) is 0 Å². The molecule has 0 spiro atoms. The Morgan fingerprint density at radius 2 is 1.68 bits per heavy atom. The van der Waals surface area contributed by atoms with Crippen molar-refractivity contribution >= 4 is 16.0 Å². The van der Waals surface area contributed by atoms with Crippen LogP contribution in [-0.4, -0.2) is 36.0 Å². The van der Waals surface area contributed by atoms with E-state index < -0.39 is 10.0 Å². The van der Waals surface area contributed by atoms with Crippen molar-refractivity contribution in [3.63, 3.8) is 0 Å². The number of rotatable bonds is 6. The van der Waals surface area contributed by atoms with Crippen molar-refractivity contribution in [3.8, 4) is 11.5 Å². The van der Waals surface area contributed by atoms with E-state index in [0.29, 0.717) is 35.4 Å². The monoisotopic (exact) mass is 398 g/mol. The number of nitrogens with zero attached hydrogens (tertiary/aromatic N) is 3. The number of benzene rings is 2.